The van der Waals surface area contributed by atoms with Crippen molar-refractivity contribution in [3.8, 4) is 0 Å². The Balaban J connectivity index is 1.81. The number of rotatable bonds is 3. The van der Waals surface area contributed by atoms with Gasteiger partial charge in [-0.2, -0.15) is 0 Å². The van der Waals surface area contributed by atoms with Gasteiger partial charge in [-0.05, 0) is 48.6 Å². The molecule has 3 rings (SSSR count). The van der Waals surface area contributed by atoms with E-state index in [1.54, 1.807) is 6.07 Å². The fraction of sp³-hybridized carbons (Fsp3) is 0.333. The molecule has 1 unspecified atom stereocenters. The molecule has 1 aliphatic heterocycles. The first kappa shape index (κ1) is 17.2. The highest BCUT2D eigenvalue weighted by Crippen LogP contribution is 2.26. The van der Waals surface area contributed by atoms with Crippen LogP contribution >= 0.6 is 0 Å². The first-order chi connectivity index (χ1) is 11.8. The van der Waals surface area contributed by atoms with Gasteiger partial charge in [0.25, 0.3) is 5.91 Å². The maximum absolute atomic E-state index is 12.6. The van der Waals surface area contributed by atoms with E-state index in [0.717, 1.165) is 27.9 Å². The van der Waals surface area contributed by atoms with Crippen LogP contribution in [0.5, 0.6) is 0 Å². The molecule has 0 radical (unpaired) electrons. The topological polar surface area (TPSA) is 55.4 Å². The lowest BCUT2D eigenvalue weighted by molar-refractivity contribution is -0.125. The molecule has 0 saturated heterocycles. The summed E-state index contributed by atoms with van der Waals surface area (Å²) in [7, 11) is 0. The van der Waals surface area contributed by atoms with Crippen LogP contribution in [-0.4, -0.2) is 18.0 Å². The Hall–Kier alpha value is -2.62. The summed E-state index contributed by atoms with van der Waals surface area (Å²) >= 11 is 0. The van der Waals surface area contributed by atoms with E-state index in [1.807, 2.05) is 44.2 Å². The van der Waals surface area contributed by atoms with Crippen molar-refractivity contribution in [3.05, 3.63) is 64.2 Å². The number of esters is 1. The van der Waals surface area contributed by atoms with Gasteiger partial charge in [0.1, 0.15) is 0 Å². The molecular weight excluding hydrogens is 314 g/mol. The second kappa shape index (κ2) is 6.71. The number of ether oxygens (including phenoxy) is 1. The van der Waals surface area contributed by atoms with E-state index in [-0.39, 0.29) is 5.91 Å². The highest BCUT2D eigenvalue weighted by Gasteiger charge is 2.31. The van der Waals surface area contributed by atoms with Crippen LogP contribution in [0.3, 0.4) is 0 Å². The lowest BCUT2D eigenvalue weighted by atomic mass is 9.92. The quantitative estimate of drug-likeness (QED) is 0.856. The molecule has 0 bridgehead atoms. The van der Waals surface area contributed by atoms with Crippen molar-refractivity contribution in [3.63, 3.8) is 0 Å². The molecule has 1 amide bonds. The van der Waals surface area contributed by atoms with Crippen molar-refractivity contribution in [2.75, 3.05) is 5.32 Å². The number of cyclic esters (lactones) is 1. The normalized spacial score (nSPS) is 16.4. The molecule has 1 N–H and O–H groups in total. The summed E-state index contributed by atoms with van der Waals surface area (Å²) in [5.74, 6) is -0.357. The van der Waals surface area contributed by atoms with Crippen molar-refractivity contribution < 1.29 is 14.3 Å². The zero-order valence-corrected chi connectivity index (χ0v) is 15.1. The SMILES string of the molecule is Cc1ccc(NC(=O)C2Cc3cc(C(C)C)ccc3C(=O)O2)c(C)c1. The van der Waals surface area contributed by atoms with Crippen LogP contribution in [0.1, 0.15) is 52.4 Å². The Morgan fingerprint density at radius 2 is 1.92 bits per heavy atom. The third-order valence-corrected chi connectivity index (χ3v) is 4.60. The highest BCUT2D eigenvalue weighted by atomic mass is 16.5. The van der Waals surface area contributed by atoms with Crippen LogP contribution in [0, 0.1) is 13.8 Å². The van der Waals surface area contributed by atoms with Gasteiger partial charge in [-0.3, -0.25) is 4.79 Å². The molecule has 0 fully saturated rings. The molecular formula is C21H23NO3. The fourth-order valence-electron chi connectivity index (χ4n) is 3.09. The first-order valence-electron chi connectivity index (χ1n) is 8.57. The minimum atomic E-state index is -0.803. The van der Waals surface area contributed by atoms with Crippen LogP contribution in [0.25, 0.3) is 0 Å². The average molecular weight is 337 g/mol. The number of hydrogen-bond acceptors (Lipinski definition) is 3. The van der Waals surface area contributed by atoms with E-state index >= 15 is 0 Å². The Kier molecular flexibility index (Phi) is 4.62. The van der Waals surface area contributed by atoms with Crippen molar-refractivity contribution in [1.29, 1.82) is 0 Å². The molecule has 1 aliphatic rings. The lowest BCUT2D eigenvalue weighted by Crippen LogP contribution is -2.38. The summed E-state index contributed by atoms with van der Waals surface area (Å²) in [5.41, 5.74) is 5.45. The zero-order valence-electron chi connectivity index (χ0n) is 15.1. The first-order valence-corrected chi connectivity index (χ1v) is 8.57. The number of amides is 1. The number of fused-ring (bicyclic) bond motifs is 1. The minimum absolute atomic E-state index is 0.291. The Labute approximate surface area is 148 Å². The molecule has 4 heteroatoms. The summed E-state index contributed by atoms with van der Waals surface area (Å²) in [6.07, 6.45) is -0.402. The van der Waals surface area contributed by atoms with E-state index in [2.05, 4.69) is 19.2 Å². The highest BCUT2D eigenvalue weighted by molar-refractivity contribution is 6.00. The van der Waals surface area contributed by atoms with E-state index in [0.29, 0.717) is 17.9 Å². The summed E-state index contributed by atoms with van der Waals surface area (Å²) in [5, 5.41) is 2.88. The van der Waals surface area contributed by atoms with Crippen molar-refractivity contribution in [2.24, 2.45) is 0 Å². The minimum Gasteiger partial charge on any atom is -0.448 e. The third-order valence-electron chi connectivity index (χ3n) is 4.60. The number of carbonyl (C=O) groups is 2. The Bertz CT molecular complexity index is 839. The van der Waals surface area contributed by atoms with Crippen LogP contribution in [0.15, 0.2) is 36.4 Å². The second-order valence-corrected chi connectivity index (χ2v) is 6.98. The smallest absolute Gasteiger partial charge is 0.339 e. The maximum Gasteiger partial charge on any atom is 0.339 e. The van der Waals surface area contributed by atoms with Gasteiger partial charge in [-0.15, -0.1) is 0 Å². The number of aryl methyl sites for hydroxylation is 2. The zero-order chi connectivity index (χ0) is 18.1. The number of hydrogen-bond donors (Lipinski definition) is 1. The molecule has 0 spiro atoms. The van der Waals surface area contributed by atoms with Gasteiger partial charge in [0.05, 0.1) is 5.56 Å². The molecule has 0 aromatic heterocycles. The van der Waals surface area contributed by atoms with Gasteiger partial charge >= 0.3 is 5.97 Å². The van der Waals surface area contributed by atoms with Crippen LogP contribution in [0.2, 0.25) is 0 Å². The molecule has 0 saturated carbocycles. The summed E-state index contributed by atoms with van der Waals surface area (Å²) < 4.78 is 5.36. The number of anilines is 1. The number of nitrogens with one attached hydrogen (secondary N) is 1. The molecule has 0 aliphatic carbocycles. The Morgan fingerprint density at radius 3 is 2.60 bits per heavy atom. The van der Waals surface area contributed by atoms with Gasteiger partial charge in [-0.25, -0.2) is 4.79 Å². The fourth-order valence-corrected chi connectivity index (χ4v) is 3.09. The molecule has 2 aromatic carbocycles. The number of benzene rings is 2. The largest absolute Gasteiger partial charge is 0.448 e. The van der Waals surface area contributed by atoms with Crippen LogP contribution in [-0.2, 0) is 16.0 Å². The predicted molar refractivity (Wildman–Crippen MR) is 98.0 cm³/mol. The Morgan fingerprint density at radius 1 is 1.16 bits per heavy atom. The van der Waals surface area contributed by atoms with Crippen molar-refractivity contribution in [2.45, 2.75) is 46.1 Å². The van der Waals surface area contributed by atoms with Gasteiger partial charge in [0.2, 0.25) is 0 Å². The average Bonchev–Trinajstić information content (AvgIpc) is 2.56. The van der Waals surface area contributed by atoms with Gasteiger partial charge in [0, 0.05) is 12.1 Å². The summed E-state index contributed by atoms with van der Waals surface area (Å²) in [6, 6.07) is 11.6. The van der Waals surface area contributed by atoms with Gasteiger partial charge in [-0.1, -0.05) is 43.7 Å². The third kappa shape index (κ3) is 3.58. The lowest BCUT2D eigenvalue weighted by Gasteiger charge is -2.25. The molecule has 1 atom stereocenters. The van der Waals surface area contributed by atoms with Gasteiger partial charge < -0.3 is 10.1 Å². The predicted octanol–water partition coefficient (Wildman–Crippen LogP) is 4.15. The van der Waals surface area contributed by atoms with E-state index in [9.17, 15) is 9.59 Å². The van der Waals surface area contributed by atoms with Crippen molar-refractivity contribution >= 4 is 17.6 Å². The van der Waals surface area contributed by atoms with E-state index in [1.165, 1.54) is 0 Å². The van der Waals surface area contributed by atoms with Gasteiger partial charge in [0.15, 0.2) is 6.10 Å². The van der Waals surface area contributed by atoms with E-state index in [4.69, 9.17) is 4.74 Å². The maximum atomic E-state index is 12.6. The second-order valence-electron chi connectivity index (χ2n) is 6.98. The summed E-state index contributed by atoms with van der Waals surface area (Å²) in [4.78, 5) is 24.8. The molecule has 130 valence electrons. The molecule has 4 nitrogen and oxygen atoms in total. The van der Waals surface area contributed by atoms with Crippen molar-refractivity contribution in [1.82, 2.24) is 0 Å². The standard InChI is InChI=1S/C21H23NO3/c1-12(2)15-6-7-17-16(10-15)11-19(25-21(17)24)20(23)22-18-8-5-13(3)9-14(18)4/h5-10,12,19H,11H2,1-4H3,(H,22,23). The monoisotopic (exact) mass is 337 g/mol. The van der Waals surface area contributed by atoms with E-state index < -0.39 is 12.1 Å². The molecule has 25 heavy (non-hydrogen) atoms. The summed E-state index contributed by atoms with van der Waals surface area (Å²) in [6.45, 7) is 8.16. The molecule has 2 aromatic rings. The van der Waals surface area contributed by atoms with Crippen LogP contribution < -0.4 is 5.32 Å². The number of carbonyl (C=O) groups excluding carboxylic acids is 2. The molecule has 1 heterocycles. The van der Waals surface area contributed by atoms with Crippen LogP contribution in [0.4, 0.5) is 5.69 Å².